The van der Waals surface area contributed by atoms with Crippen LogP contribution >= 0.6 is 0 Å². The average molecular weight is 319 g/mol. The number of nitrogens with one attached hydrogen (secondary N) is 1. The quantitative estimate of drug-likeness (QED) is 0.596. The lowest BCUT2D eigenvalue weighted by Crippen LogP contribution is -2.41. The maximum absolute atomic E-state index is 12.7. The third-order valence-corrected chi connectivity index (χ3v) is 6.27. The van der Waals surface area contributed by atoms with Gasteiger partial charge in [-0.3, -0.25) is 0 Å². The van der Waals surface area contributed by atoms with Crippen LogP contribution in [0.2, 0.25) is 0 Å². The van der Waals surface area contributed by atoms with Crippen molar-refractivity contribution in [2.75, 3.05) is 25.4 Å². The van der Waals surface area contributed by atoms with Crippen molar-refractivity contribution in [2.45, 2.75) is 71.8 Å². The maximum atomic E-state index is 12.7. The van der Waals surface area contributed by atoms with Crippen LogP contribution in [0.25, 0.3) is 0 Å². The lowest BCUT2D eigenvalue weighted by molar-refractivity contribution is 0.304. The SMILES string of the molecule is CCNCCCCS(=O)(=O)N(CCC(C)C)C1CCCC1. The van der Waals surface area contributed by atoms with Crippen LogP contribution in [0.15, 0.2) is 0 Å². The second-order valence-corrected chi connectivity index (χ2v) is 8.65. The van der Waals surface area contributed by atoms with Gasteiger partial charge in [-0.25, -0.2) is 8.42 Å². The molecule has 5 heteroatoms. The zero-order valence-electron chi connectivity index (χ0n) is 14.1. The first-order chi connectivity index (χ1) is 9.97. The first-order valence-corrected chi connectivity index (χ1v) is 10.3. The second-order valence-electron chi connectivity index (χ2n) is 6.61. The fraction of sp³-hybridized carbons (Fsp3) is 1.00. The van der Waals surface area contributed by atoms with Gasteiger partial charge in [-0.15, -0.1) is 0 Å². The van der Waals surface area contributed by atoms with Gasteiger partial charge in [-0.05, 0) is 51.1 Å². The molecule has 4 nitrogen and oxygen atoms in total. The van der Waals surface area contributed by atoms with Crippen molar-refractivity contribution < 1.29 is 8.42 Å². The highest BCUT2D eigenvalue weighted by atomic mass is 32.2. The number of sulfonamides is 1. The molecule has 0 aliphatic heterocycles. The van der Waals surface area contributed by atoms with E-state index in [1.807, 2.05) is 4.31 Å². The standard InChI is InChI=1S/C16H34N2O2S/c1-4-17-12-7-8-14-21(19,20)18(13-11-15(2)3)16-9-5-6-10-16/h15-17H,4-14H2,1-3H3. The summed E-state index contributed by atoms with van der Waals surface area (Å²) < 4.78 is 27.2. The Kier molecular flexibility index (Phi) is 8.83. The van der Waals surface area contributed by atoms with Crippen LogP contribution in [0.4, 0.5) is 0 Å². The Morgan fingerprint density at radius 2 is 1.86 bits per heavy atom. The lowest BCUT2D eigenvalue weighted by atomic mass is 10.1. The highest BCUT2D eigenvalue weighted by molar-refractivity contribution is 7.89. The Morgan fingerprint density at radius 3 is 2.43 bits per heavy atom. The summed E-state index contributed by atoms with van der Waals surface area (Å²) >= 11 is 0. The molecule has 1 saturated carbocycles. The van der Waals surface area contributed by atoms with E-state index in [1.54, 1.807) is 0 Å². The molecule has 1 N–H and O–H groups in total. The first kappa shape index (κ1) is 18.9. The molecule has 1 aliphatic carbocycles. The van der Waals surface area contributed by atoms with Gasteiger partial charge in [0.05, 0.1) is 5.75 Å². The molecule has 126 valence electrons. The van der Waals surface area contributed by atoms with E-state index in [0.29, 0.717) is 18.2 Å². The van der Waals surface area contributed by atoms with E-state index in [2.05, 4.69) is 26.1 Å². The molecular weight excluding hydrogens is 284 g/mol. The minimum atomic E-state index is -3.08. The number of hydrogen-bond donors (Lipinski definition) is 1. The molecule has 1 fully saturated rings. The third kappa shape index (κ3) is 7.11. The van der Waals surface area contributed by atoms with Crippen molar-refractivity contribution in [1.82, 2.24) is 9.62 Å². The number of nitrogens with zero attached hydrogens (tertiary/aromatic N) is 1. The van der Waals surface area contributed by atoms with Crippen LogP contribution < -0.4 is 5.32 Å². The Labute approximate surface area is 131 Å². The number of rotatable bonds is 11. The van der Waals surface area contributed by atoms with Crippen molar-refractivity contribution in [3.8, 4) is 0 Å². The summed E-state index contributed by atoms with van der Waals surface area (Å²) in [5.41, 5.74) is 0. The zero-order chi connectivity index (χ0) is 15.7. The van der Waals surface area contributed by atoms with E-state index < -0.39 is 10.0 Å². The minimum Gasteiger partial charge on any atom is -0.317 e. The predicted octanol–water partition coefficient (Wildman–Crippen LogP) is 3.00. The molecule has 0 heterocycles. The van der Waals surface area contributed by atoms with E-state index >= 15 is 0 Å². The van der Waals surface area contributed by atoms with Crippen molar-refractivity contribution in [1.29, 1.82) is 0 Å². The van der Waals surface area contributed by atoms with Crippen LogP contribution in [0, 0.1) is 5.92 Å². The Bertz CT molecular complexity index is 362. The molecule has 0 bridgehead atoms. The molecular formula is C16H34N2O2S. The first-order valence-electron chi connectivity index (χ1n) is 8.67. The van der Waals surface area contributed by atoms with Crippen LogP contribution in [0.1, 0.15) is 65.7 Å². The summed E-state index contributed by atoms with van der Waals surface area (Å²) in [4.78, 5) is 0. The van der Waals surface area contributed by atoms with Crippen molar-refractivity contribution >= 4 is 10.0 Å². The molecule has 1 aliphatic rings. The Balaban J connectivity index is 2.53. The van der Waals surface area contributed by atoms with E-state index in [4.69, 9.17) is 0 Å². The van der Waals surface area contributed by atoms with Gasteiger partial charge >= 0.3 is 0 Å². The monoisotopic (exact) mass is 318 g/mol. The summed E-state index contributed by atoms with van der Waals surface area (Å²) in [6, 6.07) is 0.266. The molecule has 0 aromatic rings. The fourth-order valence-corrected chi connectivity index (χ4v) is 4.81. The highest BCUT2D eigenvalue weighted by Gasteiger charge is 2.31. The summed E-state index contributed by atoms with van der Waals surface area (Å²) in [5.74, 6) is 0.866. The topological polar surface area (TPSA) is 49.4 Å². The lowest BCUT2D eigenvalue weighted by Gasteiger charge is -2.28. The molecule has 0 atom stereocenters. The molecule has 0 aromatic heterocycles. The van der Waals surface area contributed by atoms with Gasteiger partial charge in [0.1, 0.15) is 0 Å². The number of hydrogen-bond acceptors (Lipinski definition) is 3. The van der Waals surface area contributed by atoms with Crippen LogP contribution in [-0.4, -0.2) is 44.2 Å². The van der Waals surface area contributed by atoms with Gasteiger partial charge in [-0.2, -0.15) is 4.31 Å². The van der Waals surface area contributed by atoms with Gasteiger partial charge in [0, 0.05) is 12.6 Å². The summed E-state index contributed by atoms with van der Waals surface area (Å²) in [7, 11) is -3.08. The summed E-state index contributed by atoms with van der Waals surface area (Å²) in [6.07, 6.45) is 7.13. The maximum Gasteiger partial charge on any atom is 0.214 e. The smallest absolute Gasteiger partial charge is 0.214 e. The average Bonchev–Trinajstić information content (AvgIpc) is 2.91. The molecule has 0 saturated heterocycles. The van der Waals surface area contributed by atoms with Crippen molar-refractivity contribution in [3.63, 3.8) is 0 Å². The predicted molar refractivity (Wildman–Crippen MR) is 90.0 cm³/mol. The Morgan fingerprint density at radius 1 is 1.19 bits per heavy atom. The van der Waals surface area contributed by atoms with Gasteiger partial charge < -0.3 is 5.32 Å². The van der Waals surface area contributed by atoms with Gasteiger partial charge in [0.25, 0.3) is 0 Å². The van der Waals surface area contributed by atoms with E-state index in [9.17, 15) is 8.42 Å². The minimum absolute atomic E-state index is 0.266. The normalized spacial score (nSPS) is 17.2. The van der Waals surface area contributed by atoms with E-state index in [-0.39, 0.29) is 6.04 Å². The van der Waals surface area contributed by atoms with Gasteiger partial charge in [0.2, 0.25) is 10.0 Å². The zero-order valence-corrected chi connectivity index (χ0v) is 14.9. The largest absolute Gasteiger partial charge is 0.317 e. The molecule has 0 spiro atoms. The number of unbranched alkanes of at least 4 members (excludes halogenated alkanes) is 1. The van der Waals surface area contributed by atoms with E-state index in [0.717, 1.165) is 45.2 Å². The van der Waals surface area contributed by atoms with Gasteiger partial charge in [0.15, 0.2) is 0 Å². The summed E-state index contributed by atoms with van der Waals surface area (Å²) in [5, 5.41) is 3.25. The van der Waals surface area contributed by atoms with Crippen molar-refractivity contribution in [2.24, 2.45) is 5.92 Å². The highest BCUT2D eigenvalue weighted by Crippen LogP contribution is 2.27. The third-order valence-electron chi connectivity index (χ3n) is 4.27. The van der Waals surface area contributed by atoms with E-state index in [1.165, 1.54) is 12.8 Å². The fourth-order valence-electron chi connectivity index (χ4n) is 2.95. The van der Waals surface area contributed by atoms with Crippen molar-refractivity contribution in [3.05, 3.63) is 0 Å². The van der Waals surface area contributed by atoms with Crippen LogP contribution in [0.5, 0.6) is 0 Å². The van der Waals surface area contributed by atoms with Crippen LogP contribution in [0.3, 0.4) is 0 Å². The molecule has 0 unspecified atom stereocenters. The molecule has 0 radical (unpaired) electrons. The Hall–Kier alpha value is -0.130. The second kappa shape index (κ2) is 9.80. The van der Waals surface area contributed by atoms with Crippen LogP contribution in [-0.2, 0) is 10.0 Å². The molecule has 1 rings (SSSR count). The molecule has 0 amide bonds. The van der Waals surface area contributed by atoms with Gasteiger partial charge in [-0.1, -0.05) is 33.6 Å². The summed E-state index contributed by atoms with van der Waals surface area (Å²) in [6.45, 7) is 8.98. The molecule has 21 heavy (non-hydrogen) atoms. The molecule has 0 aromatic carbocycles.